The van der Waals surface area contributed by atoms with Crippen LogP contribution in [0, 0.1) is 11.8 Å². The molecule has 0 aliphatic heterocycles. The van der Waals surface area contributed by atoms with Gasteiger partial charge in [0, 0.05) is 24.2 Å². The summed E-state index contributed by atoms with van der Waals surface area (Å²) in [6.07, 6.45) is -3.77. The molecule has 0 fully saturated rings. The highest BCUT2D eigenvalue weighted by Crippen LogP contribution is 2.22. The monoisotopic (exact) mass is 390 g/mol. The summed E-state index contributed by atoms with van der Waals surface area (Å²) in [4.78, 5) is 34.2. The maximum Gasteiger partial charge on any atom is 0.450 e. The standard InChI is InChI=1S/C13H19BrF3NO3.H3N/c1-8(12(21)18-6-4-3-5-14)7-10(19)9(2)11(20)13(15,16)17;/h8-9H,3-7H2,1-2H3,(H,18,21);1H3/t8-,9+;/m1./s1. The van der Waals surface area contributed by atoms with Crippen molar-refractivity contribution in [2.45, 2.75) is 39.3 Å². The van der Waals surface area contributed by atoms with E-state index < -0.39 is 35.5 Å². The van der Waals surface area contributed by atoms with E-state index in [-0.39, 0.29) is 12.6 Å². The Morgan fingerprint density at radius 3 is 2.14 bits per heavy atom. The lowest BCUT2D eigenvalue weighted by atomic mass is 9.93. The number of rotatable bonds is 9. The van der Waals surface area contributed by atoms with E-state index in [1.807, 2.05) is 0 Å². The first kappa shape index (κ1) is 23.3. The topological polar surface area (TPSA) is 98.2 Å². The van der Waals surface area contributed by atoms with Crippen LogP contribution in [0.3, 0.4) is 0 Å². The normalized spacial score (nSPS) is 13.7. The Hall–Kier alpha value is -0.960. The van der Waals surface area contributed by atoms with Gasteiger partial charge >= 0.3 is 6.18 Å². The minimum Gasteiger partial charge on any atom is -0.356 e. The molecule has 4 N–H and O–H groups in total. The van der Waals surface area contributed by atoms with E-state index in [4.69, 9.17) is 0 Å². The number of alkyl halides is 4. The maximum atomic E-state index is 12.2. The molecule has 0 rings (SSSR count). The first-order chi connectivity index (χ1) is 9.61. The zero-order valence-electron chi connectivity index (χ0n) is 12.6. The van der Waals surface area contributed by atoms with Gasteiger partial charge in [-0.3, -0.25) is 14.4 Å². The molecule has 2 atom stereocenters. The fourth-order valence-corrected chi connectivity index (χ4v) is 1.96. The highest BCUT2D eigenvalue weighted by atomic mass is 79.9. The highest BCUT2D eigenvalue weighted by Gasteiger charge is 2.44. The van der Waals surface area contributed by atoms with Crippen LogP contribution < -0.4 is 11.5 Å². The van der Waals surface area contributed by atoms with E-state index in [0.717, 1.165) is 25.1 Å². The summed E-state index contributed by atoms with van der Waals surface area (Å²) in [6, 6.07) is 0. The zero-order chi connectivity index (χ0) is 16.6. The van der Waals surface area contributed by atoms with Crippen LogP contribution in [0.15, 0.2) is 0 Å². The molecule has 0 saturated carbocycles. The second kappa shape index (κ2) is 10.7. The van der Waals surface area contributed by atoms with Crippen molar-refractivity contribution in [1.82, 2.24) is 11.5 Å². The molecule has 9 heteroatoms. The predicted molar refractivity (Wildman–Crippen MR) is 80.1 cm³/mol. The van der Waals surface area contributed by atoms with Crippen LogP contribution in [-0.4, -0.2) is 35.5 Å². The lowest BCUT2D eigenvalue weighted by Gasteiger charge is -2.15. The molecule has 5 nitrogen and oxygen atoms in total. The van der Waals surface area contributed by atoms with Gasteiger partial charge < -0.3 is 11.5 Å². The van der Waals surface area contributed by atoms with Crippen LogP contribution in [0.1, 0.15) is 33.1 Å². The molecule has 130 valence electrons. The fraction of sp³-hybridized carbons (Fsp3) is 0.769. The number of carbonyl (C=O) groups excluding carboxylic acids is 3. The number of nitrogens with one attached hydrogen (secondary N) is 1. The third kappa shape index (κ3) is 8.47. The molecule has 0 radical (unpaired) electrons. The Labute approximate surface area is 136 Å². The van der Waals surface area contributed by atoms with Gasteiger partial charge in [-0.15, -0.1) is 0 Å². The number of ketones is 2. The minimum atomic E-state index is -5.03. The molecule has 0 aliphatic rings. The molecule has 0 aromatic rings. The van der Waals surface area contributed by atoms with Gasteiger partial charge in [-0.25, -0.2) is 0 Å². The molecule has 0 aromatic carbocycles. The number of amides is 1. The molecule has 0 bridgehead atoms. The van der Waals surface area contributed by atoms with Crippen molar-refractivity contribution in [1.29, 1.82) is 0 Å². The minimum absolute atomic E-state index is 0. The molecule has 0 aromatic heterocycles. The molecular weight excluding hydrogens is 369 g/mol. The summed E-state index contributed by atoms with van der Waals surface area (Å²) in [7, 11) is 0. The summed E-state index contributed by atoms with van der Waals surface area (Å²) in [5.41, 5.74) is 0. The quantitative estimate of drug-likeness (QED) is 0.359. The molecular formula is C13H22BrF3N2O3. The third-order valence-electron chi connectivity index (χ3n) is 2.97. The molecule has 0 aliphatic carbocycles. The van der Waals surface area contributed by atoms with Gasteiger partial charge in [-0.1, -0.05) is 22.9 Å². The highest BCUT2D eigenvalue weighted by molar-refractivity contribution is 9.09. The van der Waals surface area contributed by atoms with Crippen molar-refractivity contribution in [2.75, 3.05) is 11.9 Å². The van der Waals surface area contributed by atoms with Crippen molar-refractivity contribution in [3.05, 3.63) is 0 Å². The number of hydrogen-bond donors (Lipinski definition) is 2. The van der Waals surface area contributed by atoms with Gasteiger partial charge in [0.25, 0.3) is 0 Å². The number of carbonyl (C=O) groups is 3. The van der Waals surface area contributed by atoms with E-state index in [9.17, 15) is 27.6 Å². The van der Waals surface area contributed by atoms with Gasteiger partial charge in [0.05, 0.1) is 5.92 Å². The lowest BCUT2D eigenvalue weighted by molar-refractivity contribution is -0.176. The van der Waals surface area contributed by atoms with Crippen LogP contribution in [0.5, 0.6) is 0 Å². The molecule has 0 unspecified atom stereocenters. The average molecular weight is 391 g/mol. The van der Waals surface area contributed by atoms with Crippen molar-refractivity contribution < 1.29 is 27.6 Å². The van der Waals surface area contributed by atoms with E-state index in [1.54, 1.807) is 0 Å². The van der Waals surface area contributed by atoms with Crippen LogP contribution in [-0.2, 0) is 14.4 Å². The van der Waals surface area contributed by atoms with Crippen LogP contribution in [0.2, 0.25) is 0 Å². The van der Waals surface area contributed by atoms with Crippen molar-refractivity contribution in [3.8, 4) is 0 Å². The summed E-state index contributed by atoms with van der Waals surface area (Å²) < 4.78 is 36.6. The van der Waals surface area contributed by atoms with E-state index >= 15 is 0 Å². The summed E-state index contributed by atoms with van der Waals surface area (Å²) in [5, 5.41) is 3.42. The SMILES string of the molecule is C[C@@H](C(=O)C[C@@H](C)C(=O)NCCCCBr)C(=O)C(F)(F)F.N. The van der Waals surface area contributed by atoms with Gasteiger partial charge in [-0.05, 0) is 19.8 Å². The average Bonchev–Trinajstić information content (AvgIpc) is 2.40. The second-order valence-electron chi connectivity index (χ2n) is 4.84. The number of Topliss-reactive ketones (excluding diaryl/α,β-unsaturated/α-hetero) is 2. The molecule has 22 heavy (non-hydrogen) atoms. The second-order valence-corrected chi connectivity index (χ2v) is 5.64. The third-order valence-corrected chi connectivity index (χ3v) is 3.53. The number of unbranched alkanes of at least 4 members (excludes halogenated alkanes) is 1. The Balaban J connectivity index is 0. The van der Waals surface area contributed by atoms with Crippen LogP contribution in [0.25, 0.3) is 0 Å². The van der Waals surface area contributed by atoms with Gasteiger partial charge in [0.15, 0.2) is 0 Å². The van der Waals surface area contributed by atoms with Crippen molar-refractivity contribution in [3.63, 3.8) is 0 Å². The molecule has 0 saturated heterocycles. The molecule has 0 spiro atoms. The summed E-state index contributed by atoms with van der Waals surface area (Å²) >= 11 is 3.24. The smallest absolute Gasteiger partial charge is 0.356 e. The van der Waals surface area contributed by atoms with E-state index in [1.165, 1.54) is 6.92 Å². The van der Waals surface area contributed by atoms with Crippen molar-refractivity contribution in [2.24, 2.45) is 11.8 Å². The lowest BCUT2D eigenvalue weighted by Crippen LogP contribution is -2.36. The predicted octanol–water partition coefficient (Wildman–Crippen LogP) is 2.80. The summed E-state index contributed by atoms with van der Waals surface area (Å²) in [6.45, 7) is 2.81. The fourth-order valence-electron chi connectivity index (χ4n) is 1.57. The van der Waals surface area contributed by atoms with E-state index in [2.05, 4.69) is 21.2 Å². The molecule has 1 amide bonds. The Morgan fingerprint density at radius 2 is 1.68 bits per heavy atom. The van der Waals surface area contributed by atoms with Gasteiger partial charge in [0.2, 0.25) is 11.7 Å². The Bertz CT molecular complexity index is 389. The first-order valence-corrected chi connectivity index (χ1v) is 7.70. The zero-order valence-corrected chi connectivity index (χ0v) is 14.2. The number of halogens is 4. The first-order valence-electron chi connectivity index (χ1n) is 6.58. The van der Waals surface area contributed by atoms with Crippen LogP contribution >= 0.6 is 15.9 Å². The van der Waals surface area contributed by atoms with Gasteiger partial charge in [-0.2, -0.15) is 13.2 Å². The molecule has 0 heterocycles. The maximum absolute atomic E-state index is 12.2. The largest absolute Gasteiger partial charge is 0.450 e. The number of hydrogen-bond acceptors (Lipinski definition) is 4. The Morgan fingerprint density at radius 1 is 1.14 bits per heavy atom. The summed E-state index contributed by atoms with van der Waals surface area (Å²) in [5.74, 6) is -5.87. The van der Waals surface area contributed by atoms with Gasteiger partial charge in [0.1, 0.15) is 5.78 Å². The van der Waals surface area contributed by atoms with Crippen molar-refractivity contribution >= 4 is 33.4 Å². The van der Waals surface area contributed by atoms with Crippen LogP contribution in [0.4, 0.5) is 13.2 Å². The van der Waals surface area contributed by atoms with E-state index in [0.29, 0.717) is 6.54 Å². The Kier molecular flexibility index (Phi) is 11.4.